The van der Waals surface area contributed by atoms with E-state index in [1.165, 1.54) is 13.0 Å². The number of anilines is 1. The second-order valence-corrected chi connectivity index (χ2v) is 7.90. The Morgan fingerprint density at radius 3 is 2.64 bits per heavy atom. The monoisotopic (exact) mass is 388 g/mol. The molecule has 1 aromatic rings. The van der Waals surface area contributed by atoms with Crippen LogP contribution in [0, 0.1) is 11.2 Å². The number of imide groups is 1. The molecular formula is C20H21FN2O5. The molecule has 4 atom stereocenters. The molecule has 0 radical (unpaired) electrons. The molecule has 0 saturated carbocycles. The van der Waals surface area contributed by atoms with Crippen molar-refractivity contribution in [1.29, 1.82) is 0 Å². The first-order chi connectivity index (χ1) is 13.1. The summed E-state index contributed by atoms with van der Waals surface area (Å²) in [6, 6.07) is 1.99. The van der Waals surface area contributed by atoms with Gasteiger partial charge in [0.05, 0.1) is 30.4 Å². The van der Waals surface area contributed by atoms with Crippen molar-refractivity contribution in [3.8, 4) is 0 Å². The summed E-state index contributed by atoms with van der Waals surface area (Å²) in [6.07, 6.45) is -1.28. The number of halogens is 1. The van der Waals surface area contributed by atoms with E-state index in [4.69, 9.17) is 4.74 Å². The van der Waals surface area contributed by atoms with Crippen molar-refractivity contribution >= 4 is 29.1 Å². The second-order valence-electron chi connectivity index (χ2n) is 7.90. The van der Waals surface area contributed by atoms with E-state index >= 15 is 4.39 Å². The highest BCUT2D eigenvalue weighted by Crippen LogP contribution is 2.48. The number of hydrogen-bond donors (Lipinski definition) is 1. The number of amides is 2. The summed E-state index contributed by atoms with van der Waals surface area (Å²) in [4.78, 5) is 51.3. The van der Waals surface area contributed by atoms with E-state index < -0.39 is 47.4 Å². The molecule has 2 fully saturated rings. The van der Waals surface area contributed by atoms with Gasteiger partial charge in [-0.1, -0.05) is 0 Å². The van der Waals surface area contributed by atoms with Crippen LogP contribution in [0.5, 0.6) is 0 Å². The summed E-state index contributed by atoms with van der Waals surface area (Å²) >= 11 is 0. The molecule has 2 amide bonds. The van der Waals surface area contributed by atoms with Gasteiger partial charge in [-0.15, -0.1) is 0 Å². The van der Waals surface area contributed by atoms with Crippen LogP contribution in [0.3, 0.4) is 0 Å². The first-order valence-electron chi connectivity index (χ1n) is 9.28. The average molecular weight is 388 g/mol. The standard InChI is InChI=1S/C20H21FN2O5/c1-9-8-23-17-13(4-12(10(2)24)5-14(17)21)7-20(18(23)11(3)28-9)15(25)6-16(26)22-19(20)27/h4-5,9,11,18H,6-8H2,1-3H3,(H,22,26,27)/t9-,11+,18-,20+/m0/s1. The highest BCUT2D eigenvalue weighted by molar-refractivity contribution is 6.22. The van der Waals surface area contributed by atoms with E-state index in [0.29, 0.717) is 11.3 Å². The summed E-state index contributed by atoms with van der Waals surface area (Å²) in [5.74, 6) is -2.70. The highest BCUT2D eigenvalue weighted by Gasteiger charge is 2.62. The topological polar surface area (TPSA) is 92.8 Å². The minimum Gasteiger partial charge on any atom is -0.372 e. The fourth-order valence-electron chi connectivity index (χ4n) is 4.94. The molecule has 0 aromatic heterocycles. The smallest absolute Gasteiger partial charge is 0.242 e. The van der Waals surface area contributed by atoms with E-state index in [1.807, 2.05) is 6.92 Å². The lowest BCUT2D eigenvalue weighted by molar-refractivity contribution is -0.158. The molecule has 0 aliphatic carbocycles. The first kappa shape index (κ1) is 18.7. The van der Waals surface area contributed by atoms with Gasteiger partial charge >= 0.3 is 0 Å². The third-order valence-electron chi connectivity index (χ3n) is 5.97. The Hall–Kier alpha value is -2.61. The molecule has 3 aliphatic heterocycles. The third kappa shape index (κ3) is 2.51. The van der Waals surface area contributed by atoms with Gasteiger partial charge in [0.1, 0.15) is 11.2 Å². The number of benzene rings is 1. The van der Waals surface area contributed by atoms with E-state index in [9.17, 15) is 19.2 Å². The summed E-state index contributed by atoms with van der Waals surface area (Å²) in [7, 11) is 0. The lowest BCUT2D eigenvalue weighted by atomic mass is 9.63. The van der Waals surface area contributed by atoms with Crippen molar-refractivity contribution in [2.75, 3.05) is 11.4 Å². The summed E-state index contributed by atoms with van der Waals surface area (Å²) < 4.78 is 20.9. The zero-order valence-electron chi connectivity index (χ0n) is 15.9. The third-order valence-corrected chi connectivity index (χ3v) is 5.97. The molecule has 3 aliphatic rings. The molecule has 1 spiro atoms. The number of carbonyl (C=O) groups is 4. The van der Waals surface area contributed by atoms with E-state index in [2.05, 4.69) is 5.32 Å². The molecular weight excluding hydrogens is 367 g/mol. The van der Waals surface area contributed by atoms with Crippen LogP contribution < -0.4 is 10.2 Å². The number of piperidine rings is 1. The number of fused-ring (bicyclic) bond motifs is 4. The van der Waals surface area contributed by atoms with Crippen LogP contribution in [0.2, 0.25) is 0 Å². The maximum Gasteiger partial charge on any atom is 0.242 e. The quantitative estimate of drug-likeness (QED) is 0.441. The van der Waals surface area contributed by atoms with Crippen molar-refractivity contribution < 1.29 is 28.3 Å². The Balaban J connectivity index is 1.96. The van der Waals surface area contributed by atoms with Crippen molar-refractivity contribution in [2.45, 2.75) is 51.9 Å². The number of nitrogens with zero attached hydrogens (tertiary/aromatic N) is 1. The number of ether oxygens (including phenoxy) is 1. The largest absolute Gasteiger partial charge is 0.372 e. The van der Waals surface area contributed by atoms with E-state index in [1.54, 1.807) is 17.9 Å². The number of rotatable bonds is 1. The van der Waals surface area contributed by atoms with Crippen molar-refractivity contribution in [3.63, 3.8) is 0 Å². The molecule has 7 nitrogen and oxygen atoms in total. The van der Waals surface area contributed by atoms with Gasteiger partial charge in [-0.25, -0.2) is 4.39 Å². The first-order valence-corrected chi connectivity index (χ1v) is 9.28. The van der Waals surface area contributed by atoms with Crippen LogP contribution in [0.15, 0.2) is 12.1 Å². The minimum absolute atomic E-state index is 0.0818. The fraction of sp³-hybridized carbons (Fsp3) is 0.500. The van der Waals surface area contributed by atoms with Gasteiger partial charge in [-0.05, 0) is 44.9 Å². The highest BCUT2D eigenvalue weighted by atomic mass is 19.1. The average Bonchev–Trinajstić information content (AvgIpc) is 2.58. The lowest BCUT2D eigenvalue weighted by Crippen LogP contribution is -2.72. The van der Waals surface area contributed by atoms with Crippen LogP contribution in [0.1, 0.15) is 43.1 Å². The van der Waals surface area contributed by atoms with E-state index in [0.717, 1.165) is 0 Å². The molecule has 4 rings (SSSR count). The van der Waals surface area contributed by atoms with Gasteiger partial charge in [0.15, 0.2) is 11.6 Å². The SMILES string of the molecule is CC(=O)c1cc(F)c2c(c1)C[C@@]1(C(=O)CC(=O)NC1=O)[C@@H]1[C@@H](C)O[C@@H](C)CN21. The normalized spacial score (nSPS) is 32.1. The number of morpholine rings is 1. The molecule has 2 saturated heterocycles. The lowest BCUT2D eigenvalue weighted by Gasteiger charge is -2.55. The Kier molecular flexibility index (Phi) is 4.15. The molecule has 28 heavy (non-hydrogen) atoms. The zero-order valence-corrected chi connectivity index (χ0v) is 15.9. The number of carbonyl (C=O) groups excluding carboxylic acids is 4. The van der Waals surface area contributed by atoms with Crippen LogP contribution in [-0.2, 0) is 25.5 Å². The van der Waals surface area contributed by atoms with Gasteiger partial charge in [0, 0.05) is 12.1 Å². The van der Waals surface area contributed by atoms with Crippen LogP contribution in [0.4, 0.5) is 10.1 Å². The maximum atomic E-state index is 15.1. The van der Waals surface area contributed by atoms with Gasteiger partial charge < -0.3 is 9.64 Å². The zero-order chi connectivity index (χ0) is 20.4. The Labute approximate surface area is 161 Å². The van der Waals surface area contributed by atoms with Gasteiger partial charge in [-0.3, -0.25) is 24.5 Å². The maximum absolute atomic E-state index is 15.1. The van der Waals surface area contributed by atoms with Crippen LogP contribution in [-0.4, -0.2) is 48.2 Å². The molecule has 1 aromatic carbocycles. The Bertz CT molecular complexity index is 907. The van der Waals surface area contributed by atoms with Gasteiger partial charge in [0.25, 0.3) is 0 Å². The number of ketones is 2. The van der Waals surface area contributed by atoms with Gasteiger partial charge in [0.2, 0.25) is 11.8 Å². The van der Waals surface area contributed by atoms with Gasteiger partial charge in [-0.2, -0.15) is 0 Å². The van der Waals surface area contributed by atoms with Crippen LogP contribution >= 0.6 is 0 Å². The molecule has 0 unspecified atom stereocenters. The molecule has 0 bridgehead atoms. The predicted molar refractivity (Wildman–Crippen MR) is 96.5 cm³/mol. The Morgan fingerprint density at radius 1 is 1.29 bits per heavy atom. The molecule has 8 heteroatoms. The minimum atomic E-state index is -1.57. The predicted octanol–water partition coefficient (Wildman–Crippen LogP) is 1.17. The number of nitrogens with one attached hydrogen (secondary N) is 1. The molecule has 148 valence electrons. The Morgan fingerprint density at radius 2 is 2.00 bits per heavy atom. The number of Topliss-reactive ketones (excluding diaryl/α,β-unsaturated/α-hetero) is 2. The van der Waals surface area contributed by atoms with Crippen molar-refractivity contribution in [3.05, 3.63) is 29.1 Å². The molecule has 1 N–H and O–H groups in total. The second kappa shape index (κ2) is 6.20. The summed E-state index contributed by atoms with van der Waals surface area (Å²) in [6.45, 7) is 5.20. The number of hydrogen-bond acceptors (Lipinski definition) is 6. The van der Waals surface area contributed by atoms with Crippen molar-refractivity contribution in [2.24, 2.45) is 5.41 Å². The van der Waals surface area contributed by atoms with Crippen molar-refractivity contribution in [1.82, 2.24) is 5.32 Å². The fourth-order valence-corrected chi connectivity index (χ4v) is 4.94. The van der Waals surface area contributed by atoms with Crippen LogP contribution in [0.25, 0.3) is 0 Å². The summed E-state index contributed by atoms with van der Waals surface area (Å²) in [5, 5.41) is 2.28. The molecule has 3 heterocycles. The van der Waals surface area contributed by atoms with E-state index in [-0.39, 0.29) is 30.4 Å². The summed E-state index contributed by atoms with van der Waals surface area (Å²) in [5.41, 5.74) is -0.679.